The first-order valence-corrected chi connectivity index (χ1v) is 12.8. The number of anilines is 2. The number of hydrogen-bond acceptors (Lipinski definition) is 10. The van der Waals surface area contributed by atoms with Crippen LogP contribution in [-0.2, 0) is 16.0 Å². The molecule has 14 nitrogen and oxygen atoms in total. The van der Waals surface area contributed by atoms with Crippen molar-refractivity contribution in [3.8, 4) is 5.75 Å². The van der Waals surface area contributed by atoms with Crippen LogP contribution in [0.5, 0.6) is 5.75 Å². The fourth-order valence-corrected chi connectivity index (χ4v) is 3.37. The zero-order chi connectivity index (χ0) is 29.9. The van der Waals surface area contributed by atoms with Crippen molar-refractivity contribution in [2.75, 3.05) is 24.6 Å². The van der Waals surface area contributed by atoms with Gasteiger partial charge in [0.2, 0.25) is 0 Å². The third kappa shape index (κ3) is 11.2. The maximum absolute atomic E-state index is 12.3. The van der Waals surface area contributed by atoms with Crippen molar-refractivity contribution >= 4 is 47.1 Å². The Labute approximate surface area is 237 Å². The first-order valence-electron chi connectivity index (χ1n) is 12.5. The maximum atomic E-state index is 12.3. The smallest absolute Gasteiger partial charge is 0.407 e. The number of nitrogens with two attached hydrogens (primary N) is 4. The molecule has 1 atom stereocenters. The van der Waals surface area contributed by atoms with E-state index >= 15 is 0 Å². The standard InChI is InChI=1S/C25H36ClN9O5/c1-25(2,3)40-24(38)32-13-11-16(21(29)36)39-15-9-7-14(8-10-15)6-4-5-12-31-23(30)35-22(37)17-19(27)34-20(28)18(26)33-17/h7-10,16H,4-6,11-13H2,1-3H3,(H2,29,36)(H,32,38)(H4,27,28,34)(H3,30,31,35,37). The Bertz CT molecular complexity index is 1220. The number of nitrogens with one attached hydrogen (secondary N) is 2. The van der Waals surface area contributed by atoms with Gasteiger partial charge < -0.3 is 37.7 Å². The highest BCUT2D eigenvalue weighted by molar-refractivity contribution is 6.31. The van der Waals surface area contributed by atoms with Crippen LogP contribution in [0.15, 0.2) is 29.3 Å². The molecule has 0 radical (unpaired) electrons. The minimum Gasteiger partial charge on any atom is -0.481 e. The van der Waals surface area contributed by atoms with Gasteiger partial charge in [-0.15, -0.1) is 0 Å². The SMILES string of the molecule is CC(C)(C)OC(=O)NCCC(Oc1ccc(CCCCN=C(N)NC(=O)c2nc(Cl)c(N)nc2N)cc1)C(N)=O. The van der Waals surface area contributed by atoms with Gasteiger partial charge in [0.25, 0.3) is 11.8 Å². The van der Waals surface area contributed by atoms with E-state index in [0.717, 1.165) is 18.4 Å². The van der Waals surface area contributed by atoms with E-state index in [1.807, 2.05) is 12.1 Å². The first-order chi connectivity index (χ1) is 18.7. The molecule has 1 unspecified atom stereocenters. The minimum absolute atomic E-state index is 0.0842. The number of guanidine groups is 1. The average molecular weight is 578 g/mol. The van der Waals surface area contributed by atoms with Gasteiger partial charge in [-0.2, -0.15) is 0 Å². The topological polar surface area (TPSA) is 236 Å². The van der Waals surface area contributed by atoms with Crippen molar-refractivity contribution in [2.45, 2.75) is 58.2 Å². The number of nitrogen functional groups attached to an aromatic ring is 2. The quantitative estimate of drug-likeness (QED) is 0.121. The molecular formula is C25H36ClN9O5. The third-order valence-electron chi connectivity index (χ3n) is 5.11. The molecule has 0 fully saturated rings. The van der Waals surface area contributed by atoms with E-state index in [9.17, 15) is 14.4 Å². The molecule has 0 aliphatic rings. The summed E-state index contributed by atoms with van der Waals surface area (Å²) in [4.78, 5) is 47.5. The lowest BCUT2D eigenvalue weighted by molar-refractivity contribution is -0.124. The molecule has 1 aromatic carbocycles. The molecule has 1 aromatic heterocycles. The Hall–Kier alpha value is -4.33. The number of carbonyl (C=O) groups excluding carboxylic acids is 3. The monoisotopic (exact) mass is 577 g/mol. The highest BCUT2D eigenvalue weighted by atomic mass is 35.5. The van der Waals surface area contributed by atoms with E-state index in [-0.39, 0.29) is 41.4 Å². The van der Waals surface area contributed by atoms with Crippen molar-refractivity contribution < 1.29 is 23.9 Å². The number of aromatic nitrogens is 2. The van der Waals surface area contributed by atoms with Crippen molar-refractivity contribution in [2.24, 2.45) is 16.5 Å². The summed E-state index contributed by atoms with van der Waals surface area (Å²) in [5.41, 5.74) is 22.6. The van der Waals surface area contributed by atoms with Gasteiger partial charge in [-0.25, -0.2) is 14.8 Å². The van der Waals surface area contributed by atoms with Crippen LogP contribution in [0.25, 0.3) is 0 Å². The Morgan fingerprint density at radius 2 is 1.73 bits per heavy atom. The highest BCUT2D eigenvalue weighted by Gasteiger charge is 2.20. The summed E-state index contributed by atoms with van der Waals surface area (Å²) in [5.74, 6) is -1.22. The number of hydrogen-bond donors (Lipinski definition) is 6. The number of primary amides is 1. The average Bonchev–Trinajstić information content (AvgIpc) is 2.85. The fraction of sp³-hybridized carbons (Fsp3) is 0.440. The molecule has 0 spiro atoms. The second kappa shape index (κ2) is 14.7. The van der Waals surface area contributed by atoms with Crippen molar-refractivity contribution in [1.29, 1.82) is 0 Å². The van der Waals surface area contributed by atoms with E-state index in [1.165, 1.54) is 0 Å². The Kier molecular flexibility index (Phi) is 11.7. The second-order valence-corrected chi connectivity index (χ2v) is 10.0. The van der Waals surface area contributed by atoms with Gasteiger partial charge in [0.05, 0.1) is 0 Å². The van der Waals surface area contributed by atoms with Crippen LogP contribution in [0.2, 0.25) is 5.15 Å². The van der Waals surface area contributed by atoms with Crippen molar-refractivity contribution in [3.05, 3.63) is 40.7 Å². The largest absolute Gasteiger partial charge is 0.481 e. The molecule has 0 saturated carbocycles. The molecule has 2 aromatic rings. The lowest BCUT2D eigenvalue weighted by Gasteiger charge is -2.20. The molecule has 2 rings (SSSR count). The zero-order valence-corrected chi connectivity index (χ0v) is 23.5. The third-order valence-corrected chi connectivity index (χ3v) is 5.39. The van der Waals surface area contributed by atoms with E-state index in [2.05, 4.69) is 25.6 Å². The molecule has 0 saturated heterocycles. The lowest BCUT2D eigenvalue weighted by atomic mass is 10.1. The normalized spacial score (nSPS) is 12.3. The number of aliphatic imine (C=N–C) groups is 1. The molecular weight excluding hydrogens is 542 g/mol. The molecule has 0 bridgehead atoms. The molecule has 218 valence electrons. The minimum atomic E-state index is -0.912. The van der Waals surface area contributed by atoms with Crippen LogP contribution in [0.3, 0.4) is 0 Å². The number of halogens is 1. The number of rotatable bonds is 12. The summed E-state index contributed by atoms with van der Waals surface area (Å²) >= 11 is 5.78. The van der Waals surface area contributed by atoms with E-state index < -0.39 is 29.6 Å². The van der Waals surface area contributed by atoms with E-state index in [0.29, 0.717) is 18.7 Å². The highest BCUT2D eigenvalue weighted by Crippen LogP contribution is 2.18. The van der Waals surface area contributed by atoms with Gasteiger partial charge in [0.15, 0.2) is 34.5 Å². The van der Waals surface area contributed by atoms with Crippen molar-refractivity contribution in [3.63, 3.8) is 0 Å². The number of amides is 3. The molecule has 1 heterocycles. The molecule has 3 amide bonds. The van der Waals surface area contributed by atoms with Crippen LogP contribution in [0.4, 0.5) is 16.4 Å². The van der Waals surface area contributed by atoms with Crippen LogP contribution in [0, 0.1) is 0 Å². The van der Waals surface area contributed by atoms with Gasteiger partial charge in [-0.1, -0.05) is 23.7 Å². The maximum Gasteiger partial charge on any atom is 0.407 e. The van der Waals surface area contributed by atoms with E-state index in [4.69, 9.17) is 44.0 Å². The van der Waals surface area contributed by atoms with Gasteiger partial charge in [-0.3, -0.25) is 19.9 Å². The Balaban J connectivity index is 1.75. The van der Waals surface area contributed by atoms with Gasteiger partial charge in [0.1, 0.15) is 11.4 Å². The first kappa shape index (κ1) is 31.9. The van der Waals surface area contributed by atoms with Gasteiger partial charge >= 0.3 is 6.09 Å². The number of carbonyl (C=O) groups is 3. The number of benzene rings is 1. The summed E-state index contributed by atoms with van der Waals surface area (Å²) in [6.45, 7) is 5.82. The molecule has 15 heteroatoms. The predicted octanol–water partition coefficient (Wildman–Crippen LogP) is 1.51. The lowest BCUT2D eigenvalue weighted by Crippen LogP contribution is -2.39. The molecule has 0 aliphatic carbocycles. The molecule has 0 aliphatic heterocycles. The Morgan fingerprint density at radius 3 is 2.35 bits per heavy atom. The summed E-state index contributed by atoms with van der Waals surface area (Å²) in [5, 5.41) is 4.82. The van der Waals surface area contributed by atoms with Crippen LogP contribution in [0.1, 0.15) is 56.1 Å². The number of alkyl carbamates (subject to hydrolysis) is 1. The summed E-state index contributed by atoms with van der Waals surface area (Å²) in [6, 6.07) is 7.26. The predicted molar refractivity (Wildman–Crippen MR) is 152 cm³/mol. The van der Waals surface area contributed by atoms with E-state index in [1.54, 1.807) is 32.9 Å². The fourth-order valence-electron chi connectivity index (χ4n) is 3.24. The van der Waals surface area contributed by atoms with Gasteiger partial charge in [0, 0.05) is 19.5 Å². The molecule has 40 heavy (non-hydrogen) atoms. The summed E-state index contributed by atoms with van der Waals surface area (Å²) in [6.07, 6.45) is 0.967. The summed E-state index contributed by atoms with van der Waals surface area (Å²) in [7, 11) is 0. The van der Waals surface area contributed by atoms with Gasteiger partial charge in [-0.05, 0) is 57.7 Å². The summed E-state index contributed by atoms with van der Waals surface area (Å²) < 4.78 is 10.9. The zero-order valence-electron chi connectivity index (χ0n) is 22.7. The van der Waals surface area contributed by atoms with Crippen LogP contribution < -0.4 is 38.3 Å². The number of nitrogens with zero attached hydrogens (tertiary/aromatic N) is 3. The Morgan fingerprint density at radius 1 is 1.05 bits per heavy atom. The molecule has 10 N–H and O–H groups in total. The second-order valence-electron chi connectivity index (χ2n) is 9.68. The number of aryl methyl sites for hydroxylation is 1. The number of ether oxygens (including phenoxy) is 2. The van der Waals surface area contributed by atoms with Crippen LogP contribution >= 0.6 is 11.6 Å². The van der Waals surface area contributed by atoms with Crippen molar-refractivity contribution in [1.82, 2.24) is 20.6 Å². The van der Waals surface area contributed by atoms with Crippen LogP contribution in [-0.4, -0.2) is 58.6 Å². The number of unbranched alkanes of at least 4 members (excludes halogenated alkanes) is 1.